The number of rotatable bonds is 2. The molecule has 0 heterocycles. The standard InChI is InChI=1S/C18H14N2O2/c1-19(2)15-9-5-11-4-8-14-16(20(21)22)10-6-12-3-7-13(15)17(11)18(12)14/h3-10H,1-2H3. The fraction of sp³-hybridized carbons (Fsp3) is 0.111. The van der Waals surface area contributed by atoms with Crippen molar-refractivity contribution in [3.05, 3.63) is 58.6 Å². The number of nitro benzene ring substituents is 1. The van der Waals surface area contributed by atoms with E-state index in [0.29, 0.717) is 5.39 Å². The van der Waals surface area contributed by atoms with Gasteiger partial charge in [0.15, 0.2) is 0 Å². The number of hydrogen-bond donors (Lipinski definition) is 0. The lowest BCUT2D eigenvalue weighted by Crippen LogP contribution is -2.09. The zero-order valence-electron chi connectivity index (χ0n) is 12.3. The van der Waals surface area contributed by atoms with Crippen molar-refractivity contribution in [3.8, 4) is 0 Å². The van der Waals surface area contributed by atoms with Crippen molar-refractivity contribution in [1.82, 2.24) is 0 Å². The van der Waals surface area contributed by atoms with E-state index < -0.39 is 0 Å². The van der Waals surface area contributed by atoms with Gasteiger partial charge in [0.05, 0.1) is 10.3 Å². The monoisotopic (exact) mass is 290 g/mol. The summed E-state index contributed by atoms with van der Waals surface area (Å²) in [6, 6.07) is 15.6. The van der Waals surface area contributed by atoms with E-state index in [9.17, 15) is 10.1 Å². The molecule has 0 aliphatic heterocycles. The normalized spacial score (nSPS) is 11.5. The summed E-state index contributed by atoms with van der Waals surface area (Å²) in [5.41, 5.74) is 1.28. The highest BCUT2D eigenvalue weighted by Crippen LogP contribution is 2.41. The summed E-state index contributed by atoms with van der Waals surface area (Å²) in [5.74, 6) is 0. The third kappa shape index (κ3) is 1.58. The number of anilines is 1. The maximum atomic E-state index is 11.3. The molecule has 4 nitrogen and oxygen atoms in total. The molecule has 0 N–H and O–H groups in total. The summed E-state index contributed by atoms with van der Waals surface area (Å²) in [6.07, 6.45) is 0. The van der Waals surface area contributed by atoms with E-state index in [2.05, 4.69) is 23.1 Å². The van der Waals surface area contributed by atoms with Gasteiger partial charge in [0.1, 0.15) is 0 Å². The molecule has 0 aliphatic rings. The first kappa shape index (κ1) is 12.8. The van der Waals surface area contributed by atoms with Crippen LogP contribution in [-0.4, -0.2) is 19.0 Å². The van der Waals surface area contributed by atoms with E-state index in [-0.39, 0.29) is 10.6 Å². The third-order valence-electron chi connectivity index (χ3n) is 4.30. The lowest BCUT2D eigenvalue weighted by molar-refractivity contribution is -0.383. The van der Waals surface area contributed by atoms with E-state index in [4.69, 9.17) is 0 Å². The summed E-state index contributed by atoms with van der Waals surface area (Å²) >= 11 is 0. The largest absolute Gasteiger partial charge is 0.377 e. The Kier molecular flexibility index (Phi) is 2.51. The average Bonchev–Trinajstić information content (AvgIpc) is 2.51. The van der Waals surface area contributed by atoms with Gasteiger partial charge in [-0.3, -0.25) is 10.1 Å². The Morgan fingerprint density at radius 2 is 1.36 bits per heavy atom. The van der Waals surface area contributed by atoms with Crippen LogP contribution in [0.5, 0.6) is 0 Å². The molecule has 4 aromatic rings. The molecule has 0 aromatic heterocycles. The van der Waals surface area contributed by atoms with E-state index in [1.807, 2.05) is 38.4 Å². The van der Waals surface area contributed by atoms with Gasteiger partial charge < -0.3 is 4.90 Å². The Labute approximate surface area is 127 Å². The van der Waals surface area contributed by atoms with Gasteiger partial charge in [-0.1, -0.05) is 24.3 Å². The Balaban J connectivity index is 2.30. The van der Waals surface area contributed by atoms with Gasteiger partial charge in [0.2, 0.25) is 0 Å². The Morgan fingerprint density at radius 3 is 2.00 bits per heavy atom. The zero-order chi connectivity index (χ0) is 15.4. The molecule has 0 saturated carbocycles. The van der Waals surface area contributed by atoms with Crippen LogP contribution in [0.1, 0.15) is 0 Å². The smallest absolute Gasteiger partial charge is 0.277 e. The molecule has 22 heavy (non-hydrogen) atoms. The molecule has 0 radical (unpaired) electrons. The molecule has 0 saturated heterocycles. The highest BCUT2D eigenvalue weighted by atomic mass is 16.6. The number of hydrogen-bond acceptors (Lipinski definition) is 3. The topological polar surface area (TPSA) is 46.4 Å². The van der Waals surface area contributed by atoms with Crippen LogP contribution in [0, 0.1) is 10.1 Å². The van der Waals surface area contributed by atoms with E-state index >= 15 is 0 Å². The van der Waals surface area contributed by atoms with Gasteiger partial charge in [0.25, 0.3) is 5.69 Å². The van der Waals surface area contributed by atoms with Gasteiger partial charge in [-0.05, 0) is 34.4 Å². The van der Waals surface area contributed by atoms with Crippen molar-refractivity contribution in [2.45, 2.75) is 0 Å². The molecule has 108 valence electrons. The van der Waals surface area contributed by atoms with E-state index in [1.165, 1.54) is 0 Å². The van der Waals surface area contributed by atoms with Crippen LogP contribution in [0.3, 0.4) is 0 Å². The lowest BCUT2D eigenvalue weighted by atomic mass is 9.92. The highest BCUT2D eigenvalue weighted by Gasteiger charge is 2.17. The Hall–Kier alpha value is -2.88. The van der Waals surface area contributed by atoms with Gasteiger partial charge in [-0.25, -0.2) is 0 Å². The summed E-state index contributed by atoms with van der Waals surface area (Å²) in [5, 5.41) is 17.4. The molecule has 0 aliphatic carbocycles. The molecular formula is C18H14N2O2. The van der Waals surface area contributed by atoms with Crippen molar-refractivity contribution in [2.24, 2.45) is 0 Å². The van der Waals surface area contributed by atoms with Gasteiger partial charge in [0, 0.05) is 36.6 Å². The van der Waals surface area contributed by atoms with E-state index in [0.717, 1.165) is 32.6 Å². The van der Waals surface area contributed by atoms with Crippen molar-refractivity contribution in [2.75, 3.05) is 19.0 Å². The molecule has 0 unspecified atom stereocenters. The van der Waals surface area contributed by atoms with Gasteiger partial charge in [-0.15, -0.1) is 0 Å². The molecular weight excluding hydrogens is 276 g/mol. The second-order valence-electron chi connectivity index (χ2n) is 5.74. The molecule has 4 rings (SSSR count). The molecule has 0 spiro atoms. The van der Waals surface area contributed by atoms with Crippen LogP contribution in [0.4, 0.5) is 11.4 Å². The average molecular weight is 290 g/mol. The minimum absolute atomic E-state index is 0.164. The SMILES string of the molecule is CN(C)c1ccc2ccc3c([N+](=O)[O-])ccc4ccc1c2c43. The quantitative estimate of drug-likeness (QED) is 0.309. The zero-order valence-corrected chi connectivity index (χ0v) is 12.3. The van der Waals surface area contributed by atoms with Crippen molar-refractivity contribution in [1.29, 1.82) is 0 Å². The van der Waals surface area contributed by atoms with Crippen molar-refractivity contribution < 1.29 is 4.92 Å². The van der Waals surface area contributed by atoms with Crippen molar-refractivity contribution >= 4 is 43.7 Å². The van der Waals surface area contributed by atoms with Crippen LogP contribution in [-0.2, 0) is 0 Å². The van der Waals surface area contributed by atoms with Crippen molar-refractivity contribution in [3.63, 3.8) is 0 Å². The van der Waals surface area contributed by atoms with Gasteiger partial charge in [-0.2, -0.15) is 0 Å². The predicted molar refractivity (Wildman–Crippen MR) is 91.1 cm³/mol. The maximum absolute atomic E-state index is 11.3. The summed E-state index contributed by atoms with van der Waals surface area (Å²) in [4.78, 5) is 13.1. The molecule has 0 atom stereocenters. The minimum atomic E-state index is -0.307. The van der Waals surface area contributed by atoms with E-state index in [1.54, 1.807) is 6.07 Å². The molecule has 0 amide bonds. The molecule has 0 bridgehead atoms. The fourth-order valence-electron chi connectivity index (χ4n) is 3.32. The van der Waals surface area contributed by atoms with Gasteiger partial charge >= 0.3 is 0 Å². The number of benzene rings is 4. The molecule has 4 heteroatoms. The van der Waals surface area contributed by atoms with Crippen LogP contribution >= 0.6 is 0 Å². The summed E-state index contributed by atoms with van der Waals surface area (Å²) in [6.45, 7) is 0. The maximum Gasteiger partial charge on any atom is 0.277 e. The summed E-state index contributed by atoms with van der Waals surface area (Å²) < 4.78 is 0. The van der Waals surface area contributed by atoms with Crippen LogP contribution in [0.15, 0.2) is 48.5 Å². The molecule has 0 fully saturated rings. The van der Waals surface area contributed by atoms with Crippen LogP contribution in [0.2, 0.25) is 0 Å². The lowest BCUT2D eigenvalue weighted by Gasteiger charge is -2.18. The Bertz CT molecular complexity index is 1040. The van der Waals surface area contributed by atoms with Crippen LogP contribution < -0.4 is 4.90 Å². The predicted octanol–water partition coefficient (Wildman–Crippen LogP) is 4.56. The van der Waals surface area contributed by atoms with Crippen LogP contribution in [0.25, 0.3) is 32.3 Å². The minimum Gasteiger partial charge on any atom is -0.377 e. The highest BCUT2D eigenvalue weighted by molar-refractivity contribution is 6.26. The number of nitro groups is 1. The second-order valence-corrected chi connectivity index (χ2v) is 5.74. The third-order valence-corrected chi connectivity index (χ3v) is 4.30. The first-order valence-electron chi connectivity index (χ1n) is 7.10. The Morgan fingerprint density at radius 1 is 0.818 bits per heavy atom. The fourth-order valence-corrected chi connectivity index (χ4v) is 3.32. The number of nitrogens with zero attached hydrogens (tertiary/aromatic N) is 2. The number of non-ortho nitro benzene ring substituents is 1. The first-order valence-corrected chi connectivity index (χ1v) is 7.10. The second kappa shape index (κ2) is 4.31. The molecule has 4 aromatic carbocycles. The first-order chi connectivity index (χ1) is 10.6. The summed E-state index contributed by atoms with van der Waals surface area (Å²) in [7, 11) is 4.02.